The van der Waals surface area contributed by atoms with Gasteiger partial charge >= 0.3 is 5.97 Å². The first-order valence-electron chi connectivity index (χ1n) is 8.38. The molecule has 0 aliphatic rings. The lowest BCUT2D eigenvalue weighted by molar-refractivity contribution is -0.144. The molecule has 0 bridgehead atoms. The van der Waals surface area contributed by atoms with E-state index >= 15 is 0 Å². The second kappa shape index (κ2) is 10.5. The molecule has 0 unspecified atom stereocenters. The van der Waals surface area contributed by atoms with Crippen LogP contribution in [-0.2, 0) is 21.9 Å². The number of benzene rings is 1. The number of nitrogens with one attached hydrogen (secondary N) is 1. The van der Waals surface area contributed by atoms with Crippen LogP contribution in [-0.4, -0.2) is 58.1 Å². The van der Waals surface area contributed by atoms with Crippen molar-refractivity contribution in [1.82, 2.24) is 19.8 Å². The van der Waals surface area contributed by atoms with Crippen LogP contribution in [0.25, 0.3) is 0 Å². The number of likely N-dealkylation sites (N-methyl/N-ethyl adjacent to an activating group) is 1. The van der Waals surface area contributed by atoms with E-state index < -0.39 is 5.97 Å². The summed E-state index contributed by atoms with van der Waals surface area (Å²) in [6, 6.07) is 11.0. The zero-order valence-electron chi connectivity index (χ0n) is 15.0. The Hall–Kier alpha value is -2.65. The number of carbonyl (C=O) groups is 2. The number of hydrogen-bond acceptors (Lipinski definition) is 6. The fourth-order valence-corrected chi connectivity index (χ4v) is 3.25. The highest BCUT2D eigenvalue weighted by molar-refractivity contribution is 7.98. The molecule has 0 aliphatic carbocycles. The van der Waals surface area contributed by atoms with Gasteiger partial charge in [0.2, 0.25) is 5.91 Å². The third-order valence-corrected chi connectivity index (χ3v) is 4.74. The van der Waals surface area contributed by atoms with Crippen LogP contribution in [0.1, 0.15) is 5.56 Å². The molecule has 9 heteroatoms. The minimum absolute atomic E-state index is 0.0819. The summed E-state index contributed by atoms with van der Waals surface area (Å²) in [6.07, 6.45) is 1.51. The van der Waals surface area contributed by atoms with Crippen molar-refractivity contribution < 1.29 is 14.7 Å². The molecule has 1 aromatic carbocycles. The van der Waals surface area contributed by atoms with Crippen molar-refractivity contribution in [3.05, 3.63) is 58.5 Å². The molecule has 2 N–H and O–H groups in total. The van der Waals surface area contributed by atoms with E-state index in [9.17, 15) is 14.4 Å². The number of rotatable bonds is 10. The summed E-state index contributed by atoms with van der Waals surface area (Å²) in [5.41, 5.74) is 0.687. The lowest BCUT2D eigenvalue weighted by Gasteiger charge is -2.22. The van der Waals surface area contributed by atoms with Crippen LogP contribution in [0.15, 0.2) is 52.5 Å². The average Bonchev–Trinajstić information content (AvgIpc) is 2.65. The number of aromatic nitrogens is 2. The van der Waals surface area contributed by atoms with Crippen molar-refractivity contribution >= 4 is 23.6 Å². The van der Waals surface area contributed by atoms with E-state index in [-0.39, 0.29) is 31.1 Å². The quantitative estimate of drug-likeness (QED) is 0.454. The normalized spacial score (nSPS) is 10.6. The van der Waals surface area contributed by atoms with Crippen LogP contribution in [0.3, 0.4) is 0 Å². The maximum atomic E-state index is 12.6. The Morgan fingerprint density at radius 2 is 2.00 bits per heavy atom. The lowest BCUT2D eigenvalue weighted by atomic mass is 10.2. The van der Waals surface area contributed by atoms with E-state index in [4.69, 9.17) is 5.11 Å². The van der Waals surface area contributed by atoms with Crippen molar-refractivity contribution in [2.45, 2.75) is 17.5 Å². The lowest BCUT2D eigenvalue weighted by Crippen LogP contribution is -2.41. The third kappa shape index (κ3) is 6.87. The molecule has 0 aliphatic heterocycles. The van der Waals surface area contributed by atoms with Gasteiger partial charge in [0, 0.05) is 31.1 Å². The van der Waals surface area contributed by atoms with E-state index in [0.29, 0.717) is 17.5 Å². The van der Waals surface area contributed by atoms with Gasteiger partial charge in [-0.1, -0.05) is 42.1 Å². The van der Waals surface area contributed by atoms with Gasteiger partial charge in [-0.3, -0.25) is 14.4 Å². The van der Waals surface area contributed by atoms with Gasteiger partial charge in [-0.25, -0.2) is 0 Å². The standard InChI is InChI=1S/C18H22N4O4S/c1-19-8-10-21(12-17(25)26)16(24)11-22-9-7-15(23)20-18(22)27-13-14-5-3-2-4-6-14/h2-7,9,19H,8,10-13H2,1H3,(H,25,26). The number of amides is 1. The summed E-state index contributed by atoms with van der Waals surface area (Å²) in [7, 11) is 1.73. The molecular weight excluding hydrogens is 368 g/mol. The van der Waals surface area contributed by atoms with Crippen LogP contribution in [0, 0.1) is 0 Å². The Labute approximate surface area is 161 Å². The van der Waals surface area contributed by atoms with E-state index in [0.717, 1.165) is 5.56 Å². The molecule has 1 heterocycles. The predicted molar refractivity (Wildman–Crippen MR) is 103 cm³/mol. The summed E-state index contributed by atoms with van der Waals surface area (Å²) in [6.45, 7) is 0.306. The fourth-order valence-electron chi connectivity index (χ4n) is 2.32. The number of hydrogen-bond donors (Lipinski definition) is 2. The van der Waals surface area contributed by atoms with Gasteiger partial charge in [-0.05, 0) is 12.6 Å². The van der Waals surface area contributed by atoms with Crippen molar-refractivity contribution in [1.29, 1.82) is 0 Å². The maximum Gasteiger partial charge on any atom is 0.323 e. The van der Waals surface area contributed by atoms with Gasteiger partial charge in [-0.2, -0.15) is 4.98 Å². The second-order valence-electron chi connectivity index (χ2n) is 5.76. The first-order chi connectivity index (χ1) is 13.0. The van der Waals surface area contributed by atoms with Crippen molar-refractivity contribution in [3.63, 3.8) is 0 Å². The number of thioether (sulfide) groups is 1. The maximum absolute atomic E-state index is 12.6. The first kappa shape index (κ1) is 20.7. The Balaban J connectivity index is 2.12. The zero-order chi connectivity index (χ0) is 19.6. The topological polar surface area (TPSA) is 105 Å². The summed E-state index contributed by atoms with van der Waals surface area (Å²) in [5, 5.41) is 12.3. The highest BCUT2D eigenvalue weighted by Gasteiger charge is 2.18. The molecule has 2 rings (SSSR count). The summed E-state index contributed by atoms with van der Waals surface area (Å²) >= 11 is 1.35. The fraction of sp³-hybridized carbons (Fsp3) is 0.333. The Morgan fingerprint density at radius 3 is 2.67 bits per heavy atom. The highest BCUT2D eigenvalue weighted by atomic mass is 32.2. The number of aliphatic carboxylic acids is 1. The molecule has 0 saturated heterocycles. The molecule has 27 heavy (non-hydrogen) atoms. The average molecular weight is 390 g/mol. The van der Waals surface area contributed by atoms with E-state index in [1.54, 1.807) is 11.6 Å². The Bertz CT molecular complexity index is 826. The minimum Gasteiger partial charge on any atom is -0.480 e. The van der Waals surface area contributed by atoms with E-state index in [1.807, 2.05) is 30.3 Å². The number of carboxylic acid groups (broad SMARTS) is 1. The van der Waals surface area contributed by atoms with E-state index in [2.05, 4.69) is 10.3 Å². The molecule has 0 radical (unpaired) electrons. The van der Waals surface area contributed by atoms with Crippen LogP contribution in [0.4, 0.5) is 0 Å². The predicted octanol–water partition coefficient (Wildman–Crippen LogP) is 0.668. The second-order valence-corrected chi connectivity index (χ2v) is 6.71. The molecule has 0 saturated carbocycles. The molecule has 0 spiro atoms. The molecule has 1 aromatic heterocycles. The monoisotopic (exact) mass is 390 g/mol. The molecule has 1 amide bonds. The van der Waals surface area contributed by atoms with Gasteiger partial charge in [0.1, 0.15) is 13.1 Å². The SMILES string of the molecule is CNCCN(CC(=O)O)C(=O)Cn1ccc(=O)nc1SCc1ccccc1. The highest BCUT2D eigenvalue weighted by Crippen LogP contribution is 2.20. The molecule has 2 aromatic rings. The largest absolute Gasteiger partial charge is 0.480 e. The van der Waals surface area contributed by atoms with Gasteiger partial charge in [0.15, 0.2) is 5.16 Å². The molecule has 0 fully saturated rings. The van der Waals surface area contributed by atoms with Gasteiger partial charge in [0.25, 0.3) is 5.56 Å². The minimum atomic E-state index is -1.07. The summed E-state index contributed by atoms with van der Waals surface area (Å²) in [5.74, 6) is -0.819. The molecular formula is C18H22N4O4S. The number of carboxylic acids is 1. The van der Waals surface area contributed by atoms with Crippen LogP contribution >= 0.6 is 11.8 Å². The number of nitrogens with zero attached hydrogens (tertiary/aromatic N) is 3. The molecule has 0 atom stereocenters. The van der Waals surface area contributed by atoms with Gasteiger partial charge < -0.3 is 19.9 Å². The Kier molecular flexibility index (Phi) is 8.02. The van der Waals surface area contributed by atoms with E-state index in [1.165, 1.54) is 28.9 Å². The van der Waals surface area contributed by atoms with Crippen molar-refractivity contribution in [3.8, 4) is 0 Å². The van der Waals surface area contributed by atoms with Crippen LogP contribution in [0.2, 0.25) is 0 Å². The summed E-state index contributed by atoms with van der Waals surface area (Å²) in [4.78, 5) is 40.5. The Morgan fingerprint density at radius 1 is 1.26 bits per heavy atom. The smallest absolute Gasteiger partial charge is 0.323 e. The zero-order valence-corrected chi connectivity index (χ0v) is 15.8. The van der Waals surface area contributed by atoms with Gasteiger partial charge in [0.05, 0.1) is 0 Å². The first-order valence-corrected chi connectivity index (χ1v) is 9.36. The van der Waals surface area contributed by atoms with Crippen molar-refractivity contribution in [2.24, 2.45) is 0 Å². The third-order valence-electron chi connectivity index (χ3n) is 3.68. The molecule has 144 valence electrons. The van der Waals surface area contributed by atoms with Gasteiger partial charge in [-0.15, -0.1) is 0 Å². The molecule has 8 nitrogen and oxygen atoms in total. The summed E-state index contributed by atoms with van der Waals surface area (Å²) < 4.78 is 1.57. The van der Waals surface area contributed by atoms with Crippen LogP contribution in [0.5, 0.6) is 0 Å². The van der Waals surface area contributed by atoms with Crippen LogP contribution < -0.4 is 10.9 Å². The number of carbonyl (C=O) groups excluding carboxylic acids is 1. The van der Waals surface area contributed by atoms with Crippen molar-refractivity contribution in [2.75, 3.05) is 26.7 Å².